The van der Waals surface area contributed by atoms with Gasteiger partial charge in [0.1, 0.15) is 18.3 Å². The molecule has 7 nitrogen and oxygen atoms in total. The van der Waals surface area contributed by atoms with Crippen LogP contribution in [-0.4, -0.2) is 81.9 Å². The van der Waals surface area contributed by atoms with Crippen LogP contribution in [-0.2, 0) is 14.3 Å². The molecule has 2 heterocycles. The highest BCUT2D eigenvalue weighted by Gasteiger charge is 2.41. The Labute approximate surface area is 194 Å². The lowest BCUT2D eigenvalue weighted by molar-refractivity contribution is -0.172. The van der Waals surface area contributed by atoms with Crippen molar-refractivity contribution in [3.63, 3.8) is 0 Å². The first-order chi connectivity index (χ1) is 14.7. The summed E-state index contributed by atoms with van der Waals surface area (Å²) in [7, 11) is 1.89. The SMILES string of the molecule is CC1CC(C)OC(C2CCC(C)(O)CCCN(C)C(C)C(O)C(C)(O)COC(=O)C2C)C1. The predicted molar refractivity (Wildman–Crippen MR) is 124 cm³/mol. The number of hydrogen-bond donors (Lipinski definition) is 3. The Morgan fingerprint density at radius 2 is 1.72 bits per heavy atom. The second kappa shape index (κ2) is 11.1. The number of esters is 1. The number of carbonyl (C=O) groups is 1. The maximum absolute atomic E-state index is 13.0. The Morgan fingerprint density at radius 3 is 2.34 bits per heavy atom. The van der Waals surface area contributed by atoms with Crippen LogP contribution in [0.25, 0.3) is 0 Å². The topological polar surface area (TPSA) is 99.5 Å². The van der Waals surface area contributed by atoms with Crippen molar-refractivity contribution in [1.82, 2.24) is 4.90 Å². The Balaban J connectivity index is 2.27. The molecule has 0 spiro atoms. The fourth-order valence-corrected chi connectivity index (χ4v) is 5.39. The first-order valence-electron chi connectivity index (χ1n) is 12.4. The molecule has 0 radical (unpaired) electrons. The van der Waals surface area contributed by atoms with Crippen LogP contribution in [0, 0.1) is 17.8 Å². The van der Waals surface area contributed by atoms with Crippen LogP contribution in [0.1, 0.15) is 80.1 Å². The van der Waals surface area contributed by atoms with Gasteiger partial charge in [0, 0.05) is 6.04 Å². The molecule has 7 heteroatoms. The van der Waals surface area contributed by atoms with Gasteiger partial charge in [0.05, 0.1) is 23.7 Å². The van der Waals surface area contributed by atoms with Gasteiger partial charge in [0.2, 0.25) is 0 Å². The van der Waals surface area contributed by atoms with Gasteiger partial charge in [0.25, 0.3) is 0 Å². The third-order valence-electron chi connectivity index (χ3n) is 7.81. The number of aliphatic hydroxyl groups excluding tert-OH is 1. The maximum atomic E-state index is 13.0. The standard InChI is InChI=1S/C25H47NO6/c1-16-13-17(2)32-21(14-16)20-9-11-24(5,29)10-8-12-26(7)19(4)22(27)25(6,30)15-31-23(28)18(20)3/h16-22,27,29-30H,8-15H2,1-7H3. The Morgan fingerprint density at radius 1 is 1.06 bits per heavy atom. The third kappa shape index (κ3) is 7.39. The molecule has 0 bridgehead atoms. The highest BCUT2D eigenvalue weighted by molar-refractivity contribution is 5.72. The molecule has 188 valence electrons. The molecule has 2 saturated heterocycles. The van der Waals surface area contributed by atoms with Crippen molar-refractivity contribution in [2.75, 3.05) is 20.2 Å². The fraction of sp³-hybridized carbons (Fsp3) is 0.960. The largest absolute Gasteiger partial charge is 0.462 e. The molecule has 2 aliphatic rings. The monoisotopic (exact) mass is 457 g/mol. The summed E-state index contributed by atoms with van der Waals surface area (Å²) in [4.78, 5) is 15.0. The number of ether oxygens (including phenoxy) is 2. The minimum Gasteiger partial charge on any atom is -0.462 e. The van der Waals surface area contributed by atoms with Crippen molar-refractivity contribution >= 4 is 5.97 Å². The van der Waals surface area contributed by atoms with Crippen molar-refractivity contribution in [2.24, 2.45) is 17.8 Å². The molecular weight excluding hydrogens is 410 g/mol. The summed E-state index contributed by atoms with van der Waals surface area (Å²) in [6, 6.07) is -0.331. The average Bonchev–Trinajstić information content (AvgIpc) is 2.69. The smallest absolute Gasteiger partial charge is 0.309 e. The summed E-state index contributed by atoms with van der Waals surface area (Å²) in [6.07, 6.45) is 3.51. The number of aliphatic hydroxyl groups is 3. The van der Waals surface area contributed by atoms with E-state index in [2.05, 4.69) is 13.8 Å². The molecule has 0 aromatic rings. The van der Waals surface area contributed by atoms with Gasteiger partial charge in [0.15, 0.2) is 0 Å². The molecule has 0 aliphatic carbocycles. The van der Waals surface area contributed by atoms with E-state index in [1.54, 1.807) is 0 Å². The van der Waals surface area contributed by atoms with Crippen molar-refractivity contribution in [2.45, 2.75) is 116 Å². The molecule has 2 aliphatic heterocycles. The molecular formula is C25H47NO6. The van der Waals surface area contributed by atoms with Crippen LogP contribution in [0.3, 0.4) is 0 Å². The molecule has 3 N–H and O–H groups in total. The highest BCUT2D eigenvalue weighted by Crippen LogP contribution is 2.37. The van der Waals surface area contributed by atoms with E-state index in [-0.39, 0.29) is 30.8 Å². The van der Waals surface area contributed by atoms with Crippen molar-refractivity contribution in [3.05, 3.63) is 0 Å². The van der Waals surface area contributed by atoms with Gasteiger partial charge < -0.3 is 29.7 Å². The lowest BCUT2D eigenvalue weighted by atomic mass is 9.77. The lowest BCUT2D eigenvalue weighted by Crippen LogP contribution is -2.54. The molecule has 2 fully saturated rings. The molecule has 32 heavy (non-hydrogen) atoms. The molecule has 2 rings (SSSR count). The van der Waals surface area contributed by atoms with Crippen molar-refractivity contribution in [1.29, 1.82) is 0 Å². The van der Waals surface area contributed by atoms with Gasteiger partial charge in [-0.3, -0.25) is 4.79 Å². The molecule has 9 atom stereocenters. The summed E-state index contributed by atoms with van der Waals surface area (Å²) >= 11 is 0. The minimum atomic E-state index is -1.56. The molecule has 0 amide bonds. The van der Waals surface area contributed by atoms with Gasteiger partial charge >= 0.3 is 5.97 Å². The number of likely N-dealkylation sites (N-methyl/N-ethyl adjacent to an activating group) is 1. The number of hydrogen-bond acceptors (Lipinski definition) is 7. The van der Waals surface area contributed by atoms with Gasteiger partial charge in [-0.1, -0.05) is 13.8 Å². The Kier molecular flexibility index (Phi) is 9.57. The number of cyclic esters (lactones) is 1. The quantitative estimate of drug-likeness (QED) is 0.521. The van der Waals surface area contributed by atoms with Crippen LogP contribution < -0.4 is 0 Å². The van der Waals surface area contributed by atoms with E-state index >= 15 is 0 Å². The zero-order valence-electron chi connectivity index (χ0n) is 21.2. The van der Waals surface area contributed by atoms with Crippen LogP contribution >= 0.6 is 0 Å². The zero-order valence-corrected chi connectivity index (χ0v) is 21.2. The first-order valence-corrected chi connectivity index (χ1v) is 12.4. The lowest BCUT2D eigenvalue weighted by Gasteiger charge is -2.40. The summed E-state index contributed by atoms with van der Waals surface area (Å²) < 4.78 is 11.8. The average molecular weight is 458 g/mol. The molecule has 0 saturated carbocycles. The Bertz CT molecular complexity index is 599. The summed E-state index contributed by atoms with van der Waals surface area (Å²) in [5, 5.41) is 32.6. The third-order valence-corrected chi connectivity index (χ3v) is 7.81. The summed E-state index contributed by atoms with van der Waals surface area (Å²) in [5.74, 6) is -0.406. The van der Waals surface area contributed by atoms with Crippen LogP contribution in [0.5, 0.6) is 0 Å². The van der Waals surface area contributed by atoms with E-state index in [0.717, 1.165) is 19.3 Å². The second-order valence-electron chi connectivity index (χ2n) is 11.3. The van der Waals surface area contributed by atoms with E-state index < -0.39 is 29.2 Å². The molecule has 0 aromatic carbocycles. The second-order valence-corrected chi connectivity index (χ2v) is 11.3. The number of carbonyl (C=O) groups excluding carboxylic acids is 1. The van der Waals surface area contributed by atoms with Gasteiger partial charge in [-0.05, 0) is 91.6 Å². The number of nitrogens with zero attached hydrogens (tertiary/aromatic N) is 1. The van der Waals surface area contributed by atoms with Gasteiger partial charge in [-0.2, -0.15) is 0 Å². The zero-order chi connectivity index (χ0) is 24.3. The normalized spacial score (nSPS) is 46.7. The van der Waals surface area contributed by atoms with Gasteiger partial charge in [-0.15, -0.1) is 0 Å². The molecule has 0 aromatic heterocycles. The van der Waals surface area contributed by atoms with Crippen LogP contribution in [0.4, 0.5) is 0 Å². The minimum absolute atomic E-state index is 0.0694. The first kappa shape index (κ1) is 27.5. The van der Waals surface area contributed by atoms with E-state index in [1.807, 2.05) is 32.7 Å². The summed E-state index contributed by atoms with van der Waals surface area (Å²) in [6.45, 7) is 11.8. The van der Waals surface area contributed by atoms with Crippen molar-refractivity contribution in [3.8, 4) is 0 Å². The van der Waals surface area contributed by atoms with E-state index in [4.69, 9.17) is 9.47 Å². The van der Waals surface area contributed by atoms with E-state index in [0.29, 0.717) is 31.7 Å². The fourth-order valence-electron chi connectivity index (χ4n) is 5.39. The van der Waals surface area contributed by atoms with Gasteiger partial charge in [-0.25, -0.2) is 0 Å². The maximum Gasteiger partial charge on any atom is 0.309 e. The van der Waals surface area contributed by atoms with Crippen molar-refractivity contribution < 1.29 is 29.6 Å². The summed E-state index contributed by atoms with van der Waals surface area (Å²) in [5.41, 5.74) is -2.41. The highest BCUT2D eigenvalue weighted by atomic mass is 16.5. The van der Waals surface area contributed by atoms with Crippen LogP contribution in [0.15, 0.2) is 0 Å². The Hall–Kier alpha value is -0.730. The predicted octanol–water partition coefficient (Wildman–Crippen LogP) is 2.74. The number of rotatable bonds is 1. The van der Waals surface area contributed by atoms with E-state index in [9.17, 15) is 20.1 Å². The van der Waals surface area contributed by atoms with E-state index in [1.165, 1.54) is 6.92 Å². The van der Waals surface area contributed by atoms with Crippen LogP contribution in [0.2, 0.25) is 0 Å². The molecule has 9 unspecified atom stereocenters.